The third-order valence-corrected chi connectivity index (χ3v) is 1.74. The number of hydrogen-bond donors (Lipinski definition) is 0. The molecule has 0 rings (SSSR count). The summed E-state index contributed by atoms with van der Waals surface area (Å²) in [6, 6.07) is 0. The molecule has 0 unspecified atom stereocenters. The molecule has 0 nitrogen and oxygen atoms in total. The van der Waals surface area contributed by atoms with Gasteiger partial charge >= 0.3 is 0 Å². The lowest BCUT2D eigenvalue weighted by atomic mass is 10.0. The maximum atomic E-state index is 3.79. The van der Waals surface area contributed by atoms with Crippen molar-refractivity contribution in [3.63, 3.8) is 0 Å². The molecule has 0 aliphatic heterocycles. The molecule has 0 radical (unpaired) electrons. The van der Waals surface area contributed by atoms with E-state index in [9.17, 15) is 0 Å². The molecule has 0 aliphatic carbocycles. The second-order valence-electron chi connectivity index (χ2n) is 2.69. The van der Waals surface area contributed by atoms with Crippen molar-refractivity contribution in [2.24, 2.45) is 0 Å². The summed E-state index contributed by atoms with van der Waals surface area (Å²) < 4.78 is 0. The van der Waals surface area contributed by atoms with Gasteiger partial charge in [-0.15, -0.1) is 0 Å². The molecular formula is C20H36. The highest BCUT2D eigenvalue weighted by Gasteiger charge is 1.93. The van der Waals surface area contributed by atoms with Gasteiger partial charge < -0.3 is 0 Å². The lowest BCUT2D eigenvalue weighted by Gasteiger charge is -2.00. The van der Waals surface area contributed by atoms with Crippen LogP contribution in [-0.2, 0) is 0 Å². The van der Waals surface area contributed by atoms with Crippen LogP contribution < -0.4 is 0 Å². The van der Waals surface area contributed by atoms with Crippen molar-refractivity contribution in [1.29, 1.82) is 0 Å². The first-order chi connectivity index (χ1) is 9.79. The van der Waals surface area contributed by atoms with E-state index < -0.39 is 0 Å². The average molecular weight is 277 g/mol. The molecule has 0 aliphatic rings. The van der Waals surface area contributed by atoms with Gasteiger partial charge in [0.05, 0.1) is 0 Å². The van der Waals surface area contributed by atoms with E-state index in [-0.39, 0.29) is 0 Å². The number of hydrogen-bond acceptors (Lipinski definition) is 0. The normalized spacial score (nSPS) is 10.6. The Morgan fingerprint density at radius 3 is 1.55 bits per heavy atom. The van der Waals surface area contributed by atoms with E-state index in [4.69, 9.17) is 0 Å². The van der Waals surface area contributed by atoms with E-state index in [1.807, 2.05) is 91.8 Å². The van der Waals surface area contributed by atoms with Crippen LogP contribution in [0.4, 0.5) is 0 Å². The Hall–Kier alpha value is -1.56. The van der Waals surface area contributed by atoms with Crippen LogP contribution in [-0.4, -0.2) is 0 Å². The van der Waals surface area contributed by atoms with E-state index in [0.29, 0.717) is 0 Å². The molecule has 0 amide bonds. The van der Waals surface area contributed by atoms with Crippen LogP contribution in [0.25, 0.3) is 0 Å². The monoisotopic (exact) mass is 276 g/mol. The first-order valence-corrected chi connectivity index (χ1v) is 7.71. The van der Waals surface area contributed by atoms with Gasteiger partial charge in [-0.2, -0.15) is 0 Å². The van der Waals surface area contributed by atoms with Gasteiger partial charge in [0.25, 0.3) is 0 Å². The Kier molecular flexibility index (Phi) is 41.0. The predicted molar refractivity (Wildman–Crippen MR) is 100 cm³/mol. The van der Waals surface area contributed by atoms with Crippen molar-refractivity contribution >= 4 is 0 Å². The van der Waals surface area contributed by atoms with Gasteiger partial charge in [0, 0.05) is 0 Å². The maximum absolute atomic E-state index is 3.79. The summed E-state index contributed by atoms with van der Waals surface area (Å²) in [4.78, 5) is 0. The Morgan fingerprint density at radius 1 is 0.750 bits per heavy atom. The van der Waals surface area contributed by atoms with Crippen molar-refractivity contribution in [2.75, 3.05) is 0 Å². The van der Waals surface area contributed by atoms with Crippen molar-refractivity contribution in [1.82, 2.24) is 0 Å². The topological polar surface area (TPSA) is 0 Å². The Morgan fingerprint density at radius 2 is 1.25 bits per heavy atom. The fraction of sp³-hybridized carbons (Fsp3) is 0.400. The quantitative estimate of drug-likeness (QED) is 0.458. The minimum absolute atomic E-state index is 1.11. The second-order valence-corrected chi connectivity index (χ2v) is 2.69. The maximum Gasteiger partial charge on any atom is -0.0193 e. The van der Waals surface area contributed by atoms with Gasteiger partial charge in [-0.05, 0) is 25.0 Å². The molecule has 0 bridgehead atoms. The molecule has 0 saturated heterocycles. The van der Waals surface area contributed by atoms with Gasteiger partial charge in [0.15, 0.2) is 0 Å². The lowest BCUT2D eigenvalue weighted by Crippen LogP contribution is -1.81. The van der Waals surface area contributed by atoms with Crippen LogP contribution in [0.3, 0.4) is 0 Å². The fourth-order valence-corrected chi connectivity index (χ4v) is 1.01. The van der Waals surface area contributed by atoms with Crippen LogP contribution in [0, 0.1) is 0 Å². The molecule has 20 heavy (non-hydrogen) atoms. The smallest absolute Gasteiger partial charge is 0.0193 e. The summed E-state index contributed by atoms with van der Waals surface area (Å²) >= 11 is 0. The first-order valence-electron chi connectivity index (χ1n) is 7.71. The zero-order valence-electron chi connectivity index (χ0n) is 15.0. The third kappa shape index (κ3) is 18.8. The molecule has 0 spiro atoms. The van der Waals surface area contributed by atoms with E-state index in [1.165, 1.54) is 0 Å². The van der Waals surface area contributed by atoms with Gasteiger partial charge in [-0.3, -0.25) is 0 Å². The van der Waals surface area contributed by atoms with Crippen LogP contribution in [0.2, 0.25) is 0 Å². The molecule has 0 fully saturated rings. The zero-order chi connectivity index (χ0) is 16.8. The molecule has 0 heteroatoms. The van der Waals surface area contributed by atoms with E-state index in [1.54, 1.807) is 6.08 Å². The summed E-state index contributed by atoms with van der Waals surface area (Å²) in [7, 11) is 0. The molecule has 0 aromatic heterocycles. The molecule has 0 saturated carbocycles. The van der Waals surface area contributed by atoms with E-state index in [2.05, 4.69) is 19.2 Å². The van der Waals surface area contributed by atoms with Gasteiger partial charge in [0.2, 0.25) is 0 Å². The van der Waals surface area contributed by atoms with Gasteiger partial charge in [-0.1, -0.05) is 103 Å². The standard InChI is InChI=1S/C14H18.3C2H6/c1-5-9-11-13(7-3)14(8-4)12-10-6-2;3*1-2/h5-12H,1,4H2,2-3H3;3*1-2H3/b10-6-,11-9-,13-7-,14-12-;;;. The highest BCUT2D eigenvalue weighted by molar-refractivity contribution is 5.47. The predicted octanol–water partition coefficient (Wildman–Crippen LogP) is 7.44. The minimum Gasteiger partial charge on any atom is -0.0991 e. The highest BCUT2D eigenvalue weighted by Crippen LogP contribution is 2.12. The Balaban J connectivity index is -0.000000187. The molecule has 0 N–H and O–H groups in total. The summed E-state index contributed by atoms with van der Waals surface area (Å²) in [5.74, 6) is 0. The van der Waals surface area contributed by atoms with Gasteiger partial charge in [-0.25, -0.2) is 0 Å². The average Bonchev–Trinajstić information content (AvgIpc) is 2.56. The van der Waals surface area contributed by atoms with Crippen molar-refractivity contribution in [3.8, 4) is 0 Å². The van der Waals surface area contributed by atoms with Crippen LogP contribution in [0.15, 0.2) is 72.9 Å². The van der Waals surface area contributed by atoms with Crippen molar-refractivity contribution in [3.05, 3.63) is 72.9 Å². The van der Waals surface area contributed by atoms with Crippen molar-refractivity contribution in [2.45, 2.75) is 55.4 Å². The molecule has 116 valence electrons. The largest absolute Gasteiger partial charge is 0.0991 e. The fourth-order valence-electron chi connectivity index (χ4n) is 1.01. The molecule has 0 aromatic rings. The highest BCUT2D eigenvalue weighted by atomic mass is 14.0. The number of allylic oxidation sites excluding steroid dienone is 10. The molecule has 0 atom stereocenters. The van der Waals surface area contributed by atoms with Crippen LogP contribution >= 0.6 is 0 Å². The summed E-state index contributed by atoms with van der Waals surface area (Å²) in [6.07, 6.45) is 15.6. The molecule has 0 heterocycles. The Bertz CT molecular complexity index is 296. The lowest BCUT2D eigenvalue weighted by molar-refractivity contribution is 1.50. The van der Waals surface area contributed by atoms with E-state index >= 15 is 0 Å². The summed E-state index contributed by atoms with van der Waals surface area (Å²) in [5, 5.41) is 0. The molecular weight excluding hydrogens is 240 g/mol. The van der Waals surface area contributed by atoms with E-state index in [0.717, 1.165) is 11.1 Å². The number of rotatable bonds is 5. The first kappa shape index (κ1) is 26.9. The summed E-state index contributed by atoms with van der Waals surface area (Å²) in [6.45, 7) is 23.4. The third-order valence-electron chi connectivity index (χ3n) is 1.74. The SMILES string of the molecule is C=C\C=C/C(=C/C)C(/C=C)=C\C=C/C.CC.CC.CC. The Labute approximate surface area is 129 Å². The van der Waals surface area contributed by atoms with Crippen LogP contribution in [0.5, 0.6) is 0 Å². The van der Waals surface area contributed by atoms with Gasteiger partial charge in [0.1, 0.15) is 0 Å². The minimum atomic E-state index is 1.11. The zero-order valence-corrected chi connectivity index (χ0v) is 15.0. The van der Waals surface area contributed by atoms with Crippen molar-refractivity contribution < 1.29 is 0 Å². The summed E-state index contributed by atoms with van der Waals surface area (Å²) in [5.41, 5.74) is 2.27. The second kappa shape index (κ2) is 30.5. The van der Waals surface area contributed by atoms with Crippen LogP contribution in [0.1, 0.15) is 55.4 Å². The molecule has 0 aromatic carbocycles.